The van der Waals surface area contributed by atoms with E-state index in [1.165, 1.54) is 9.75 Å². The molecule has 3 aromatic heterocycles. The lowest BCUT2D eigenvalue weighted by Crippen LogP contribution is -2.31. The van der Waals surface area contributed by atoms with Crippen molar-refractivity contribution in [2.45, 2.75) is 27.7 Å². The summed E-state index contributed by atoms with van der Waals surface area (Å²) in [6.45, 7) is 10.1. The zero-order chi connectivity index (χ0) is 18.0. The number of carbonyl (C=O) groups is 1. The number of aromatic nitrogens is 2. The second-order valence-corrected chi connectivity index (χ2v) is 7.40. The summed E-state index contributed by atoms with van der Waals surface area (Å²) in [5.74, 6) is -0.137. The molecule has 0 saturated carbocycles. The number of amides is 1. The Hall–Kier alpha value is -1.96. The maximum absolute atomic E-state index is 12.7. The number of nitrogens with zero attached hydrogens (tertiary/aromatic N) is 2. The quantitative estimate of drug-likeness (QED) is 0.624. The smallest absolute Gasteiger partial charge is 0.259 e. The number of rotatable bonds is 6. The fourth-order valence-corrected chi connectivity index (χ4v) is 3.77. The van der Waals surface area contributed by atoms with Crippen molar-refractivity contribution in [1.82, 2.24) is 20.8 Å². The Bertz CT molecular complexity index is 919. The minimum absolute atomic E-state index is 0. The molecule has 0 bridgehead atoms. The van der Waals surface area contributed by atoms with Gasteiger partial charge in [0, 0.05) is 28.4 Å². The first-order valence-corrected chi connectivity index (χ1v) is 9.16. The standard InChI is InChI=1S/C18H22N4O2S.ClH/c1-5-19-6-7-20-17(23)14-9-15(13-8-10(2)25-12(13)4)21-18-16(14)11(3)22-24-18;/h8-9,19H,5-7H2,1-4H3,(H,20,23);1H. The number of nitrogens with one attached hydrogen (secondary N) is 2. The number of hydrogen-bond acceptors (Lipinski definition) is 6. The highest BCUT2D eigenvalue weighted by Gasteiger charge is 2.20. The fourth-order valence-electron chi connectivity index (χ4n) is 2.83. The van der Waals surface area contributed by atoms with Gasteiger partial charge in [-0.2, -0.15) is 0 Å². The molecule has 0 unspecified atom stereocenters. The largest absolute Gasteiger partial charge is 0.351 e. The second kappa shape index (κ2) is 8.62. The third-order valence-corrected chi connectivity index (χ3v) is 4.98. The van der Waals surface area contributed by atoms with Crippen molar-refractivity contribution in [3.63, 3.8) is 0 Å². The topological polar surface area (TPSA) is 80.0 Å². The lowest BCUT2D eigenvalue weighted by atomic mass is 10.1. The first-order valence-electron chi connectivity index (χ1n) is 8.34. The van der Waals surface area contributed by atoms with E-state index in [9.17, 15) is 4.79 Å². The van der Waals surface area contributed by atoms with E-state index in [1.54, 1.807) is 11.3 Å². The predicted molar refractivity (Wildman–Crippen MR) is 107 cm³/mol. The molecule has 2 N–H and O–H groups in total. The van der Waals surface area contributed by atoms with Gasteiger partial charge in [0.05, 0.1) is 22.3 Å². The number of thiophene rings is 1. The Balaban J connectivity index is 0.00000243. The number of pyridine rings is 1. The van der Waals surface area contributed by atoms with Crippen molar-refractivity contribution in [2.75, 3.05) is 19.6 Å². The molecule has 0 aromatic carbocycles. The Morgan fingerprint density at radius 2 is 2.00 bits per heavy atom. The molecular formula is C18H23ClN4O2S. The normalized spacial score (nSPS) is 10.8. The van der Waals surface area contributed by atoms with Crippen LogP contribution in [0.4, 0.5) is 0 Å². The summed E-state index contributed by atoms with van der Waals surface area (Å²) in [6.07, 6.45) is 0. The molecular weight excluding hydrogens is 372 g/mol. The number of halogens is 1. The third-order valence-electron chi connectivity index (χ3n) is 4.02. The van der Waals surface area contributed by atoms with Gasteiger partial charge < -0.3 is 15.2 Å². The number of hydrogen-bond donors (Lipinski definition) is 2. The van der Waals surface area contributed by atoms with Crippen LogP contribution in [0.5, 0.6) is 0 Å². The van der Waals surface area contributed by atoms with E-state index in [1.807, 2.05) is 19.9 Å². The van der Waals surface area contributed by atoms with Crippen molar-refractivity contribution in [3.8, 4) is 11.3 Å². The molecule has 6 nitrogen and oxygen atoms in total. The van der Waals surface area contributed by atoms with Gasteiger partial charge in [-0.25, -0.2) is 4.98 Å². The predicted octanol–water partition coefficient (Wildman–Crippen LogP) is 3.64. The lowest BCUT2D eigenvalue weighted by molar-refractivity contribution is 0.0955. The highest BCUT2D eigenvalue weighted by atomic mass is 35.5. The molecule has 3 rings (SSSR count). The minimum atomic E-state index is -0.137. The molecule has 0 saturated heterocycles. The number of aryl methyl sites for hydroxylation is 3. The first kappa shape index (κ1) is 20.4. The lowest BCUT2D eigenvalue weighted by Gasteiger charge is -2.08. The summed E-state index contributed by atoms with van der Waals surface area (Å²) in [6, 6.07) is 3.92. The van der Waals surface area contributed by atoms with Crippen molar-refractivity contribution < 1.29 is 9.32 Å². The molecule has 0 fully saturated rings. The van der Waals surface area contributed by atoms with E-state index in [2.05, 4.69) is 40.7 Å². The summed E-state index contributed by atoms with van der Waals surface area (Å²) in [5, 5.41) is 10.8. The van der Waals surface area contributed by atoms with Crippen LogP contribution in [0.25, 0.3) is 22.4 Å². The molecule has 26 heavy (non-hydrogen) atoms. The fraction of sp³-hybridized carbons (Fsp3) is 0.389. The van der Waals surface area contributed by atoms with Crippen molar-refractivity contribution >= 4 is 40.8 Å². The van der Waals surface area contributed by atoms with Crippen LogP contribution < -0.4 is 10.6 Å². The second-order valence-electron chi connectivity index (χ2n) is 5.94. The first-order chi connectivity index (χ1) is 12.0. The average Bonchev–Trinajstić information content (AvgIpc) is 3.12. The van der Waals surface area contributed by atoms with Gasteiger partial charge in [0.2, 0.25) is 0 Å². The van der Waals surface area contributed by atoms with E-state index in [0.29, 0.717) is 28.9 Å². The number of fused-ring (bicyclic) bond motifs is 1. The van der Waals surface area contributed by atoms with Gasteiger partial charge in [0.1, 0.15) is 0 Å². The van der Waals surface area contributed by atoms with Crippen LogP contribution >= 0.6 is 23.7 Å². The number of likely N-dealkylation sites (N-methyl/N-ethyl adjacent to an activating group) is 1. The zero-order valence-electron chi connectivity index (χ0n) is 15.3. The van der Waals surface area contributed by atoms with Crippen LogP contribution in [0.2, 0.25) is 0 Å². The molecule has 1 amide bonds. The number of carbonyl (C=O) groups excluding carboxylic acids is 1. The van der Waals surface area contributed by atoms with Gasteiger partial charge in [-0.1, -0.05) is 12.1 Å². The Kier molecular flexibility index (Phi) is 6.75. The Labute approximate surface area is 162 Å². The van der Waals surface area contributed by atoms with Crippen LogP contribution in [0.1, 0.15) is 32.7 Å². The summed E-state index contributed by atoms with van der Waals surface area (Å²) in [7, 11) is 0. The molecule has 0 atom stereocenters. The molecule has 0 spiro atoms. The summed E-state index contributed by atoms with van der Waals surface area (Å²) >= 11 is 1.71. The zero-order valence-corrected chi connectivity index (χ0v) is 16.9. The SMILES string of the molecule is CCNCCNC(=O)c1cc(-c2cc(C)sc2C)nc2onc(C)c12.Cl. The van der Waals surface area contributed by atoms with E-state index < -0.39 is 0 Å². The van der Waals surface area contributed by atoms with E-state index in [4.69, 9.17) is 4.52 Å². The highest BCUT2D eigenvalue weighted by molar-refractivity contribution is 7.12. The van der Waals surface area contributed by atoms with Crippen LogP contribution in [-0.2, 0) is 0 Å². The van der Waals surface area contributed by atoms with Crippen LogP contribution in [0.15, 0.2) is 16.7 Å². The van der Waals surface area contributed by atoms with Gasteiger partial charge in [-0.3, -0.25) is 4.79 Å². The average molecular weight is 395 g/mol. The Morgan fingerprint density at radius 1 is 1.23 bits per heavy atom. The van der Waals surface area contributed by atoms with Crippen LogP contribution in [-0.4, -0.2) is 35.7 Å². The van der Waals surface area contributed by atoms with Crippen molar-refractivity contribution in [2.24, 2.45) is 0 Å². The Morgan fingerprint density at radius 3 is 2.65 bits per heavy atom. The van der Waals surface area contributed by atoms with Gasteiger partial charge >= 0.3 is 0 Å². The van der Waals surface area contributed by atoms with Crippen LogP contribution in [0, 0.1) is 20.8 Å². The molecule has 3 aromatic rings. The maximum Gasteiger partial charge on any atom is 0.259 e. The molecule has 0 aliphatic heterocycles. The minimum Gasteiger partial charge on any atom is -0.351 e. The highest BCUT2D eigenvalue weighted by Crippen LogP contribution is 2.32. The van der Waals surface area contributed by atoms with Gasteiger partial charge in [0.25, 0.3) is 11.6 Å². The molecule has 0 aliphatic carbocycles. The van der Waals surface area contributed by atoms with E-state index >= 15 is 0 Å². The van der Waals surface area contributed by atoms with Gasteiger partial charge in [-0.15, -0.1) is 23.7 Å². The maximum atomic E-state index is 12.7. The molecule has 140 valence electrons. The molecule has 8 heteroatoms. The van der Waals surface area contributed by atoms with Gasteiger partial charge in [-0.05, 0) is 39.4 Å². The summed E-state index contributed by atoms with van der Waals surface area (Å²) < 4.78 is 5.34. The third kappa shape index (κ3) is 4.06. The molecule has 3 heterocycles. The van der Waals surface area contributed by atoms with E-state index in [-0.39, 0.29) is 18.3 Å². The molecule has 0 radical (unpaired) electrons. The van der Waals surface area contributed by atoms with Gasteiger partial charge in [0.15, 0.2) is 0 Å². The summed E-state index contributed by atoms with van der Waals surface area (Å²) in [4.78, 5) is 19.7. The summed E-state index contributed by atoms with van der Waals surface area (Å²) in [5.41, 5.74) is 3.39. The van der Waals surface area contributed by atoms with Crippen molar-refractivity contribution in [3.05, 3.63) is 33.1 Å². The van der Waals surface area contributed by atoms with Crippen LogP contribution in [0.3, 0.4) is 0 Å². The monoisotopic (exact) mass is 394 g/mol. The molecule has 0 aliphatic rings. The van der Waals surface area contributed by atoms with Crippen molar-refractivity contribution in [1.29, 1.82) is 0 Å². The van der Waals surface area contributed by atoms with E-state index in [0.717, 1.165) is 24.3 Å².